The molecule has 27 heavy (non-hydrogen) atoms. The fraction of sp³-hybridized carbons (Fsp3) is 0.100. The molecule has 6 nitrogen and oxygen atoms in total. The van der Waals surface area contributed by atoms with Gasteiger partial charge in [0.05, 0.1) is 5.71 Å². The normalized spacial score (nSPS) is 13.4. The molecule has 0 radical (unpaired) electrons. The monoisotopic (exact) mass is 374 g/mol. The summed E-state index contributed by atoms with van der Waals surface area (Å²) in [4.78, 5) is 12.5. The zero-order valence-corrected chi connectivity index (χ0v) is 15.2. The van der Waals surface area contributed by atoms with Gasteiger partial charge in [-0.25, -0.2) is 4.79 Å². The number of nitrogens with zero attached hydrogens (tertiary/aromatic N) is 4. The Hall–Kier alpha value is -3.19. The first kappa shape index (κ1) is 16.0. The average molecular weight is 374 g/mol. The number of rotatable bonds is 2. The second-order valence-corrected chi connectivity index (χ2v) is 7.25. The molecule has 0 amide bonds. The molecule has 0 saturated carbocycles. The van der Waals surface area contributed by atoms with Gasteiger partial charge in [0, 0.05) is 11.1 Å². The first-order valence-electron chi connectivity index (χ1n) is 8.45. The lowest BCUT2D eigenvalue weighted by Crippen LogP contribution is -2.15. The number of hydrogen-bond acceptors (Lipinski definition) is 6. The van der Waals surface area contributed by atoms with Crippen LogP contribution < -0.4 is 5.63 Å². The van der Waals surface area contributed by atoms with Crippen molar-refractivity contribution in [2.24, 2.45) is 5.10 Å². The fourth-order valence-electron chi connectivity index (χ4n) is 3.00. The van der Waals surface area contributed by atoms with Crippen LogP contribution in [0.5, 0.6) is 0 Å². The second kappa shape index (κ2) is 6.21. The molecule has 2 aromatic carbocycles. The molecule has 0 atom stereocenters. The van der Waals surface area contributed by atoms with E-state index in [1.165, 1.54) is 5.56 Å². The summed E-state index contributed by atoms with van der Waals surface area (Å²) in [6.07, 6.45) is 0. The Bertz CT molecular complexity index is 1260. The van der Waals surface area contributed by atoms with Crippen LogP contribution in [0.25, 0.3) is 22.4 Å². The maximum absolute atomic E-state index is 12.5. The van der Waals surface area contributed by atoms with E-state index < -0.39 is 5.63 Å². The highest BCUT2D eigenvalue weighted by atomic mass is 32.2. The summed E-state index contributed by atoms with van der Waals surface area (Å²) in [5, 5.41) is 14.6. The standard InChI is InChI=1S/C20H14N4O2S/c1-12-6-8-13(9-7-12)16-11-27-20-22-21-18(24(20)23-16)15-10-14-4-2-3-5-17(14)26-19(15)25/h2-10H,11H2,1H3. The predicted octanol–water partition coefficient (Wildman–Crippen LogP) is 3.72. The van der Waals surface area contributed by atoms with Crippen LogP contribution in [0.4, 0.5) is 0 Å². The first-order chi connectivity index (χ1) is 13.2. The summed E-state index contributed by atoms with van der Waals surface area (Å²) in [5.74, 6) is 1.09. The van der Waals surface area contributed by atoms with Crippen molar-refractivity contribution in [1.82, 2.24) is 14.9 Å². The quantitative estimate of drug-likeness (QED) is 0.500. The second-order valence-electron chi connectivity index (χ2n) is 6.30. The van der Waals surface area contributed by atoms with Crippen LogP contribution in [0, 0.1) is 6.92 Å². The molecule has 0 saturated heterocycles. The molecule has 132 valence electrons. The van der Waals surface area contributed by atoms with Gasteiger partial charge in [0.15, 0.2) is 5.82 Å². The minimum atomic E-state index is -0.452. The van der Waals surface area contributed by atoms with Gasteiger partial charge >= 0.3 is 5.63 Å². The summed E-state index contributed by atoms with van der Waals surface area (Å²) >= 11 is 1.55. The average Bonchev–Trinajstić information content (AvgIpc) is 3.11. The number of benzene rings is 2. The van der Waals surface area contributed by atoms with Crippen LogP contribution in [-0.4, -0.2) is 26.3 Å². The minimum Gasteiger partial charge on any atom is -0.422 e. The van der Waals surface area contributed by atoms with Crippen molar-refractivity contribution >= 4 is 28.4 Å². The molecule has 0 unspecified atom stereocenters. The number of aromatic nitrogens is 3. The lowest BCUT2D eigenvalue weighted by atomic mass is 10.1. The van der Waals surface area contributed by atoms with Gasteiger partial charge in [0.1, 0.15) is 11.1 Å². The Morgan fingerprint density at radius 3 is 2.74 bits per heavy atom. The highest BCUT2D eigenvalue weighted by molar-refractivity contribution is 7.99. The van der Waals surface area contributed by atoms with Gasteiger partial charge in [-0.1, -0.05) is 59.8 Å². The summed E-state index contributed by atoms with van der Waals surface area (Å²) in [6.45, 7) is 2.05. The molecular formula is C20H14N4O2S. The Labute approximate surface area is 158 Å². The van der Waals surface area contributed by atoms with Crippen LogP contribution in [0.2, 0.25) is 0 Å². The number of fused-ring (bicyclic) bond motifs is 2. The van der Waals surface area contributed by atoms with Crippen LogP contribution in [-0.2, 0) is 0 Å². The van der Waals surface area contributed by atoms with Gasteiger partial charge in [-0.05, 0) is 24.6 Å². The topological polar surface area (TPSA) is 73.3 Å². The molecule has 0 spiro atoms. The number of aryl methyl sites for hydroxylation is 1. The van der Waals surface area contributed by atoms with Crippen LogP contribution in [0.15, 0.2) is 74.1 Å². The zero-order valence-electron chi connectivity index (χ0n) is 14.4. The van der Waals surface area contributed by atoms with E-state index in [2.05, 4.69) is 29.3 Å². The molecule has 7 heteroatoms. The molecular weight excluding hydrogens is 360 g/mol. The molecule has 0 fully saturated rings. The third-order valence-electron chi connectivity index (χ3n) is 4.44. The van der Waals surface area contributed by atoms with Crippen molar-refractivity contribution in [2.45, 2.75) is 12.1 Å². The van der Waals surface area contributed by atoms with Gasteiger partial charge in [0.2, 0.25) is 5.16 Å². The Kier molecular flexibility index (Phi) is 3.68. The molecule has 4 aromatic rings. The van der Waals surface area contributed by atoms with Crippen LogP contribution in [0.1, 0.15) is 11.1 Å². The maximum Gasteiger partial charge on any atom is 0.347 e. The van der Waals surface area contributed by atoms with Crippen LogP contribution in [0.3, 0.4) is 0 Å². The zero-order chi connectivity index (χ0) is 18.4. The van der Waals surface area contributed by atoms with Gasteiger partial charge in [-0.15, -0.1) is 10.2 Å². The van der Waals surface area contributed by atoms with E-state index in [-0.39, 0.29) is 0 Å². The van der Waals surface area contributed by atoms with E-state index in [1.807, 2.05) is 30.3 Å². The van der Waals surface area contributed by atoms with Crippen molar-refractivity contribution in [3.8, 4) is 11.4 Å². The Morgan fingerprint density at radius 1 is 1.07 bits per heavy atom. The molecule has 0 N–H and O–H groups in total. The highest BCUT2D eigenvalue weighted by Crippen LogP contribution is 2.28. The number of para-hydroxylation sites is 1. The van der Waals surface area contributed by atoms with Crippen LogP contribution >= 0.6 is 11.8 Å². The molecule has 0 bridgehead atoms. The summed E-state index contributed by atoms with van der Waals surface area (Å²) in [5.41, 5.74) is 3.60. The fourth-order valence-corrected chi connectivity index (χ4v) is 3.84. The van der Waals surface area contributed by atoms with Gasteiger partial charge < -0.3 is 4.42 Å². The minimum absolute atomic E-state index is 0.349. The van der Waals surface area contributed by atoms with Crippen molar-refractivity contribution in [3.05, 3.63) is 76.1 Å². The van der Waals surface area contributed by atoms with E-state index in [1.54, 1.807) is 28.6 Å². The molecule has 1 aliphatic rings. The van der Waals surface area contributed by atoms with Gasteiger partial charge in [-0.3, -0.25) is 0 Å². The Morgan fingerprint density at radius 2 is 1.89 bits per heavy atom. The lowest BCUT2D eigenvalue weighted by Gasteiger charge is -2.14. The summed E-state index contributed by atoms with van der Waals surface area (Å²) in [6, 6.07) is 17.4. The number of hydrogen-bond donors (Lipinski definition) is 0. The maximum atomic E-state index is 12.5. The van der Waals surface area contributed by atoms with E-state index in [0.717, 1.165) is 16.7 Å². The van der Waals surface area contributed by atoms with E-state index in [4.69, 9.17) is 9.52 Å². The Balaban J connectivity index is 1.66. The summed E-state index contributed by atoms with van der Waals surface area (Å²) in [7, 11) is 0. The smallest absolute Gasteiger partial charge is 0.347 e. The molecule has 3 heterocycles. The van der Waals surface area contributed by atoms with Gasteiger partial charge in [-0.2, -0.15) is 9.78 Å². The van der Waals surface area contributed by atoms with E-state index in [0.29, 0.717) is 27.9 Å². The first-order valence-corrected chi connectivity index (χ1v) is 9.44. The van der Waals surface area contributed by atoms with Crippen molar-refractivity contribution in [3.63, 3.8) is 0 Å². The molecule has 5 rings (SSSR count). The SMILES string of the molecule is Cc1ccc(C2=Nn3c(nnc3-c3cc4ccccc4oc3=O)SC2)cc1. The lowest BCUT2D eigenvalue weighted by molar-refractivity contribution is 0.562. The number of thioether (sulfide) groups is 1. The third kappa shape index (κ3) is 2.76. The summed E-state index contributed by atoms with van der Waals surface area (Å²) < 4.78 is 7.07. The highest BCUT2D eigenvalue weighted by Gasteiger charge is 2.23. The molecule has 0 aliphatic carbocycles. The van der Waals surface area contributed by atoms with Crippen molar-refractivity contribution in [1.29, 1.82) is 0 Å². The van der Waals surface area contributed by atoms with Gasteiger partial charge in [0.25, 0.3) is 0 Å². The van der Waals surface area contributed by atoms with E-state index in [9.17, 15) is 4.79 Å². The third-order valence-corrected chi connectivity index (χ3v) is 5.37. The molecule has 2 aromatic heterocycles. The largest absolute Gasteiger partial charge is 0.422 e. The van der Waals surface area contributed by atoms with Crippen molar-refractivity contribution in [2.75, 3.05) is 5.75 Å². The van der Waals surface area contributed by atoms with E-state index >= 15 is 0 Å². The van der Waals surface area contributed by atoms with Crippen molar-refractivity contribution < 1.29 is 4.42 Å². The predicted molar refractivity (Wildman–Crippen MR) is 105 cm³/mol. The molecule has 1 aliphatic heterocycles.